The van der Waals surface area contributed by atoms with E-state index < -0.39 is 17.0 Å². The summed E-state index contributed by atoms with van der Waals surface area (Å²) < 4.78 is 41.0. The number of nitrogens with zero attached hydrogens (tertiary/aromatic N) is 1. The van der Waals surface area contributed by atoms with Crippen LogP contribution in [-0.2, 0) is 0 Å². The Morgan fingerprint density at radius 3 is 2.33 bits per heavy atom. The first-order chi connectivity index (χ1) is 9.78. The van der Waals surface area contributed by atoms with Gasteiger partial charge in [0.05, 0.1) is 9.95 Å². The minimum atomic E-state index is -4.84. The van der Waals surface area contributed by atoms with Gasteiger partial charge in [0.15, 0.2) is 0 Å². The van der Waals surface area contributed by atoms with E-state index in [1.165, 1.54) is 24.3 Å². The van der Waals surface area contributed by atoms with Crippen molar-refractivity contribution in [1.29, 1.82) is 0 Å². The monoisotopic (exact) mass is 317 g/mol. The fourth-order valence-electron chi connectivity index (χ4n) is 1.74. The molecular weight excluding hydrogens is 311 g/mol. The summed E-state index contributed by atoms with van der Waals surface area (Å²) in [7, 11) is 0. The molecule has 0 aliphatic rings. The molecule has 0 bridgehead atoms. The highest BCUT2D eigenvalue weighted by molar-refractivity contribution is 6.33. The minimum absolute atomic E-state index is 0.0394. The van der Waals surface area contributed by atoms with Gasteiger partial charge in [-0.3, -0.25) is 10.1 Å². The maximum atomic E-state index is 12.4. The molecule has 2 aromatic rings. The van der Waals surface area contributed by atoms with Gasteiger partial charge in [0.25, 0.3) is 5.69 Å². The normalized spacial score (nSPS) is 11.2. The lowest BCUT2D eigenvalue weighted by Crippen LogP contribution is -2.17. The van der Waals surface area contributed by atoms with Crippen LogP contribution in [0.15, 0.2) is 42.5 Å². The number of rotatable bonds is 3. The van der Waals surface area contributed by atoms with E-state index in [1.54, 1.807) is 0 Å². The highest BCUT2D eigenvalue weighted by Crippen LogP contribution is 2.38. The molecule has 0 fully saturated rings. The summed E-state index contributed by atoms with van der Waals surface area (Å²) in [6, 6.07) is 8.92. The predicted molar refractivity (Wildman–Crippen MR) is 70.2 cm³/mol. The summed E-state index contributed by atoms with van der Waals surface area (Å²) >= 11 is 5.91. The van der Waals surface area contributed by atoms with Crippen molar-refractivity contribution in [2.45, 2.75) is 6.36 Å². The van der Waals surface area contributed by atoms with E-state index in [0.717, 1.165) is 18.2 Å². The van der Waals surface area contributed by atoms with Crippen molar-refractivity contribution in [3.05, 3.63) is 57.6 Å². The molecular formula is C13H7ClF3NO3. The van der Waals surface area contributed by atoms with E-state index >= 15 is 0 Å². The summed E-state index contributed by atoms with van der Waals surface area (Å²) in [6.07, 6.45) is -4.84. The quantitative estimate of drug-likeness (QED) is 0.602. The van der Waals surface area contributed by atoms with E-state index in [4.69, 9.17) is 11.6 Å². The van der Waals surface area contributed by atoms with Crippen molar-refractivity contribution < 1.29 is 22.8 Å². The molecule has 21 heavy (non-hydrogen) atoms. The van der Waals surface area contributed by atoms with Gasteiger partial charge in [-0.2, -0.15) is 0 Å². The molecule has 0 unspecified atom stereocenters. The molecule has 0 aliphatic carbocycles. The first-order valence-corrected chi connectivity index (χ1v) is 5.95. The zero-order valence-corrected chi connectivity index (χ0v) is 11.0. The Morgan fingerprint density at radius 1 is 1.10 bits per heavy atom. The molecule has 0 heterocycles. The SMILES string of the molecule is O=[N+]([O-])c1ccc(-c2ccccc2OC(F)(F)F)c(Cl)c1. The number of ether oxygens (including phenoxy) is 1. The van der Waals surface area contributed by atoms with Gasteiger partial charge in [0.2, 0.25) is 0 Å². The number of benzene rings is 2. The average Bonchev–Trinajstić information content (AvgIpc) is 2.37. The second-order valence-electron chi connectivity index (χ2n) is 3.97. The minimum Gasteiger partial charge on any atom is -0.405 e. The summed E-state index contributed by atoms with van der Waals surface area (Å²) in [5, 5.41) is 10.6. The Bertz CT molecular complexity index is 689. The van der Waals surface area contributed by atoms with Crippen molar-refractivity contribution >= 4 is 17.3 Å². The van der Waals surface area contributed by atoms with Crippen LogP contribution in [0.25, 0.3) is 11.1 Å². The second kappa shape index (κ2) is 5.61. The van der Waals surface area contributed by atoms with Gasteiger partial charge in [-0.1, -0.05) is 29.8 Å². The molecule has 0 amide bonds. The molecule has 2 aromatic carbocycles. The number of alkyl halides is 3. The Morgan fingerprint density at radius 2 is 1.76 bits per heavy atom. The van der Waals surface area contributed by atoms with Crippen LogP contribution in [0.2, 0.25) is 5.02 Å². The first-order valence-electron chi connectivity index (χ1n) is 5.57. The molecule has 0 spiro atoms. The first kappa shape index (κ1) is 15.1. The molecule has 4 nitrogen and oxygen atoms in total. The lowest BCUT2D eigenvalue weighted by atomic mass is 10.0. The zero-order valence-electron chi connectivity index (χ0n) is 10.2. The number of nitro groups is 1. The van der Waals surface area contributed by atoms with Crippen LogP contribution >= 0.6 is 11.6 Å². The average molecular weight is 318 g/mol. The molecule has 8 heteroatoms. The van der Waals surface area contributed by atoms with Crippen molar-refractivity contribution in [3.8, 4) is 16.9 Å². The van der Waals surface area contributed by atoms with Gasteiger partial charge in [0, 0.05) is 23.3 Å². The van der Waals surface area contributed by atoms with Crippen LogP contribution in [0.1, 0.15) is 0 Å². The summed E-state index contributed by atoms with van der Waals surface area (Å²) in [5.41, 5.74) is 0.0508. The fourth-order valence-corrected chi connectivity index (χ4v) is 2.02. The Labute approximate surface area is 121 Å². The molecule has 0 radical (unpaired) electrons. The lowest BCUT2D eigenvalue weighted by molar-refractivity contribution is -0.384. The van der Waals surface area contributed by atoms with Gasteiger partial charge in [-0.05, 0) is 12.1 Å². The summed E-state index contributed by atoms with van der Waals surface area (Å²) in [5.74, 6) is -0.430. The van der Waals surface area contributed by atoms with Gasteiger partial charge in [-0.25, -0.2) is 0 Å². The Kier molecular flexibility index (Phi) is 4.04. The molecule has 0 aliphatic heterocycles. The molecule has 0 saturated carbocycles. The molecule has 0 N–H and O–H groups in total. The lowest BCUT2D eigenvalue weighted by Gasteiger charge is -2.14. The molecule has 2 rings (SSSR count). The van der Waals surface area contributed by atoms with Crippen LogP contribution < -0.4 is 4.74 Å². The number of nitro benzene ring substituents is 1. The maximum absolute atomic E-state index is 12.4. The smallest absolute Gasteiger partial charge is 0.405 e. The van der Waals surface area contributed by atoms with E-state index in [9.17, 15) is 23.3 Å². The van der Waals surface area contributed by atoms with Crippen LogP contribution in [0, 0.1) is 10.1 Å². The predicted octanol–water partition coefficient (Wildman–Crippen LogP) is 4.81. The number of hydrogen-bond acceptors (Lipinski definition) is 3. The number of hydrogen-bond donors (Lipinski definition) is 0. The molecule has 110 valence electrons. The topological polar surface area (TPSA) is 52.4 Å². The molecule has 0 saturated heterocycles. The largest absolute Gasteiger partial charge is 0.573 e. The number of non-ortho nitro benzene ring substituents is 1. The van der Waals surface area contributed by atoms with Gasteiger partial charge in [-0.15, -0.1) is 13.2 Å². The van der Waals surface area contributed by atoms with Crippen LogP contribution in [0.5, 0.6) is 5.75 Å². The van der Waals surface area contributed by atoms with E-state index in [0.29, 0.717) is 0 Å². The van der Waals surface area contributed by atoms with Crippen LogP contribution in [-0.4, -0.2) is 11.3 Å². The highest BCUT2D eigenvalue weighted by atomic mass is 35.5. The number of para-hydroxylation sites is 1. The van der Waals surface area contributed by atoms with E-state index in [1.807, 2.05) is 0 Å². The third-order valence-corrected chi connectivity index (χ3v) is 2.88. The van der Waals surface area contributed by atoms with Gasteiger partial charge >= 0.3 is 6.36 Å². The van der Waals surface area contributed by atoms with Crippen molar-refractivity contribution in [3.63, 3.8) is 0 Å². The fraction of sp³-hybridized carbons (Fsp3) is 0.0769. The Balaban J connectivity index is 2.50. The second-order valence-corrected chi connectivity index (χ2v) is 4.37. The third-order valence-electron chi connectivity index (χ3n) is 2.57. The van der Waals surface area contributed by atoms with Gasteiger partial charge in [0.1, 0.15) is 5.75 Å². The van der Waals surface area contributed by atoms with Crippen molar-refractivity contribution in [1.82, 2.24) is 0 Å². The van der Waals surface area contributed by atoms with Crippen LogP contribution in [0.4, 0.5) is 18.9 Å². The van der Waals surface area contributed by atoms with Crippen LogP contribution in [0.3, 0.4) is 0 Å². The van der Waals surface area contributed by atoms with Gasteiger partial charge < -0.3 is 4.74 Å². The standard InChI is InChI=1S/C13H7ClF3NO3/c14-11-7-8(18(19)20)5-6-9(11)10-3-1-2-4-12(10)21-13(15,16)17/h1-7H. The van der Waals surface area contributed by atoms with E-state index in [-0.39, 0.29) is 21.8 Å². The zero-order chi connectivity index (χ0) is 15.6. The third kappa shape index (κ3) is 3.63. The summed E-state index contributed by atoms with van der Waals surface area (Å²) in [4.78, 5) is 9.98. The van der Waals surface area contributed by atoms with E-state index in [2.05, 4.69) is 4.74 Å². The number of halogens is 4. The van der Waals surface area contributed by atoms with Crippen molar-refractivity contribution in [2.75, 3.05) is 0 Å². The van der Waals surface area contributed by atoms with Crippen molar-refractivity contribution in [2.24, 2.45) is 0 Å². The summed E-state index contributed by atoms with van der Waals surface area (Å²) in [6.45, 7) is 0. The molecule has 0 atom stereocenters. The Hall–Kier alpha value is -2.28. The molecule has 0 aromatic heterocycles. The highest BCUT2D eigenvalue weighted by Gasteiger charge is 2.32. The maximum Gasteiger partial charge on any atom is 0.573 e.